The van der Waals surface area contributed by atoms with Crippen LogP contribution in [-0.2, 0) is 0 Å². The molecule has 96 valence electrons. The Balaban J connectivity index is 2.25. The lowest BCUT2D eigenvalue weighted by molar-refractivity contribution is 1.10. The van der Waals surface area contributed by atoms with Gasteiger partial charge in [0.25, 0.3) is 0 Å². The Morgan fingerprint density at radius 2 is 2.00 bits per heavy atom. The number of thioether (sulfide) groups is 1. The molecular weight excluding hydrogens is 274 g/mol. The van der Waals surface area contributed by atoms with Gasteiger partial charge < -0.3 is 0 Å². The van der Waals surface area contributed by atoms with Gasteiger partial charge in [-0.15, -0.1) is 23.1 Å². The second-order valence-electron chi connectivity index (χ2n) is 4.61. The van der Waals surface area contributed by atoms with Crippen molar-refractivity contribution in [2.75, 3.05) is 0 Å². The fourth-order valence-electron chi connectivity index (χ4n) is 1.93. The maximum Gasteiger partial charge on any atom is 0.193 e. The second-order valence-corrected chi connectivity index (χ2v) is 7.32. The van der Waals surface area contributed by atoms with Crippen molar-refractivity contribution in [3.05, 3.63) is 46.6 Å². The SMILES string of the molecule is CC(C)Sc1cc2nc3ccccc3sc-2cc1=O. The normalized spacial score (nSPS) is 11.5. The van der Waals surface area contributed by atoms with Crippen molar-refractivity contribution >= 4 is 33.3 Å². The summed E-state index contributed by atoms with van der Waals surface area (Å²) < 4.78 is 1.11. The lowest BCUT2D eigenvalue weighted by Crippen LogP contribution is -2.05. The van der Waals surface area contributed by atoms with E-state index in [-0.39, 0.29) is 5.43 Å². The minimum absolute atomic E-state index is 0.0968. The van der Waals surface area contributed by atoms with Gasteiger partial charge in [0, 0.05) is 11.3 Å². The summed E-state index contributed by atoms with van der Waals surface area (Å²) in [5, 5.41) is 0.397. The highest BCUT2D eigenvalue weighted by Gasteiger charge is 2.12. The number of fused-ring (bicyclic) bond motifs is 2. The van der Waals surface area contributed by atoms with Gasteiger partial charge in [-0.3, -0.25) is 4.79 Å². The van der Waals surface area contributed by atoms with Crippen molar-refractivity contribution in [3.8, 4) is 10.6 Å². The molecule has 0 fully saturated rings. The number of hydrogen-bond acceptors (Lipinski definition) is 4. The first-order chi connectivity index (χ1) is 9.13. The number of rotatable bonds is 2. The van der Waals surface area contributed by atoms with Crippen LogP contribution in [-0.4, -0.2) is 10.2 Å². The van der Waals surface area contributed by atoms with Crippen molar-refractivity contribution in [2.45, 2.75) is 24.0 Å². The average Bonchev–Trinajstić information content (AvgIpc) is 2.37. The molecule has 0 N–H and O–H groups in total. The first-order valence-electron chi connectivity index (χ1n) is 6.14. The van der Waals surface area contributed by atoms with Crippen molar-refractivity contribution in [1.82, 2.24) is 4.98 Å². The molecule has 3 rings (SSSR count). The van der Waals surface area contributed by atoms with Crippen molar-refractivity contribution in [2.24, 2.45) is 0 Å². The van der Waals surface area contributed by atoms with E-state index in [1.54, 1.807) is 29.2 Å². The fraction of sp³-hybridized carbons (Fsp3) is 0.200. The minimum atomic E-state index is 0.0968. The van der Waals surface area contributed by atoms with E-state index in [0.717, 1.165) is 25.7 Å². The second kappa shape index (κ2) is 4.94. The van der Waals surface area contributed by atoms with Crippen LogP contribution in [0.1, 0.15) is 13.8 Å². The lowest BCUT2D eigenvalue weighted by atomic mass is 10.2. The van der Waals surface area contributed by atoms with Crippen molar-refractivity contribution < 1.29 is 0 Å². The van der Waals surface area contributed by atoms with E-state index in [1.165, 1.54) is 0 Å². The zero-order valence-corrected chi connectivity index (χ0v) is 12.3. The monoisotopic (exact) mass is 287 g/mol. The molecule has 0 aromatic heterocycles. The van der Waals surface area contributed by atoms with Crippen LogP contribution in [0, 0.1) is 0 Å². The van der Waals surface area contributed by atoms with Gasteiger partial charge in [0.15, 0.2) is 5.43 Å². The third-order valence-electron chi connectivity index (χ3n) is 2.71. The van der Waals surface area contributed by atoms with Crippen molar-refractivity contribution in [1.29, 1.82) is 0 Å². The van der Waals surface area contributed by atoms with Gasteiger partial charge in [-0.2, -0.15) is 0 Å². The Morgan fingerprint density at radius 3 is 2.79 bits per heavy atom. The molecule has 0 saturated carbocycles. The molecule has 0 amide bonds. The van der Waals surface area contributed by atoms with Gasteiger partial charge in [-0.05, 0) is 18.2 Å². The lowest BCUT2D eigenvalue weighted by Gasteiger charge is -2.09. The van der Waals surface area contributed by atoms with Gasteiger partial charge in [-0.1, -0.05) is 26.0 Å². The number of para-hydroxylation sites is 1. The molecule has 1 heterocycles. The van der Waals surface area contributed by atoms with E-state index in [4.69, 9.17) is 0 Å². The summed E-state index contributed by atoms with van der Waals surface area (Å²) in [5.74, 6) is 0. The molecule has 0 saturated heterocycles. The number of nitrogens with zero attached hydrogens (tertiary/aromatic N) is 1. The Hall–Kier alpha value is -1.39. The number of benzene rings is 2. The molecule has 2 nitrogen and oxygen atoms in total. The van der Waals surface area contributed by atoms with E-state index in [0.29, 0.717) is 5.25 Å². The number of aromatic nitrogens is 1. The highest BCUT2D eigenvalue weighted by Crippen LogP contribution is 2.32. The summed E-state index contributed by atoms with van der Waals surface area (Å²) in [6.45, 7) is 4.18. The molecule has 2 aliphatic rings. The van der Waals surface area contributed by atoms with Gasteiger partial charge in [0.2, 0.25) is 0 Å². The first kappa shape index (κ1) is 12.6. The summed E-state index contributed by atoms with van der Waals surface area (Å²) in [5.41, 5.74) is 1.99. The zero-order chi connectivity index (χ0) is 13.4. The third kappa shape index (κ3) is 2.51. The molecule has 0 atom stereocenters. The largest absolute Gasteiger partial charge is 0.289 e. The summed E-state index contributed by atoms with van der Waals surface area (Å²) in [4.78, 5) is 18.5. The maximum absolute atomic E-state index is 12.1. The van der Waals surface area contributed by atoms with Gasteiger partial charge in [0.1, 0.15) is 0 Å². The van der Waals surface area contributed by atoms with Crippen LogP contribution < -0.4 is 5.43 Å². The Kier molecular flexibility index (Phi) is 3.29. The summed E-state index contributed by atoms with van der Waals surface area (Å²) in [6.07, 6.45) is 0. The van der Waals surface area contributed by atoms with Crippen LogP contribution in [0.2, 0.25) is 0 Å². The quantitative estimate of drug-likeness (QED) is 0.521. The van der Waals surface area contributed by atoms with Crippen LogP contribution in [0.25, 0.3) is 20.8 Å². The summed E-state index contributed by atoms with van der Waals surface area (Å²) in [7, 11) is 0. The van der Waals surface area contributed by atoms with Gasteiger partial charge in [-0.25, -0.2) is 4.98 Å². The highest BCUT2D eigenvalue weighted by atomic mass is 32.2. The van der Waals surface area contributed by atoms with E-state index in [2.05, 4.69) is 18.8 Å². The number of hydrogen-bond donors (Lipinski definition) is 0. The molecular formula is C15H13NOS2. The van der Waals surface area contributed by atoms with Crippen LogP contribution >= 0.6 is 23.1 Å². The average molecular weight is 287 g/mol. The molecule has 1 aliphatic heterocycles. The summed E-state index contributed by atoms with van der Waals surface area (Å²) in [6, 6.07) is 11.7. The molecule has 4 heteroatoms. The molecule has 0 radical (unpaired) electrons. The Morgan fingerprint density at radius 1 is 1.21 bits per heavy atom. The maximum atomic E-state index is 12.1. The molecule has 1 aromatic carbocycles. The molecule has 0 spiro atoms. The van der Waals surface area contributed by atoms with Crippen molar-refractivity contribution in [3.63, 3.8) is 0 Å². The van der Waals surface area contributed by atoms with Gasteiger partial charge in [0.05, 0.1) is 25.7 Å². The summed E-state index contributed by atoms with van der Waals surface area (Å²) >= 11 is 3.22. The fourth-order valence-corrected chi connectivity index (χ4v) is 3.77. The van der Waals surface area contributed by atoms with E-state index >= 15 is 0 Å². The van der Waals surface area contributed by atoms with Crippen LogP contribution in [0.15, 0.2) is 46.1 Å². The Labute approximate surface area is 119 Å². The van der Waals surface area contributed by atoms with Crippen LogP contribution in [0.4, 0.5) is 0 Å². The minimum Gasteiger partial charge on any atom is -0.289 e. The Bertz CT molecular complexity index is 764. The van der Waals surface area contributed by atoms with Gasteiger partial charge >= 0.3 is 0 Å². The zero-order valence-electron chi connectivity index (χ0n) is 10.7. The van der Waals surface area contributed by atoms with Crippen LogP contribution in [0.5, 0.6) is 0 Å². The van der Waals surface area contributed by atoms with E-state index in [1.807, 2.05) is 30.3 Å². The third-order valence-corrected chi connectivity index (χ3v) is 4.87. The topological polar surface area (TPSA) is 30.0 Å². The van der Waals surface area contributed by atoms with Crippen LogP contribution in [0.3, 0.4) is 0 Å². The molecule has 19 heavy (non-hydrogen) atoms. The standard InChI is InChI=1S/C15H13NOS2/c1-9(2)18-15-7-11-14(8-12(15)17)19-13-6-4-3-5-10(13)16-11/h3-9H,1-2H3. The van der Waals surface area contributed by atoms with E-state index in [9.17, 15) is 4.79 Å². The van der Waals surface area contributed by atoms with E-state index < -0.39 is 0 Å². The smallest absolute Gasteiger partial charge is 0.193 e. The molecule has 1 aromatic rings. The first-order valence-corrected chi connectivity index (χ1v) is 7.83. The molecule has 0 unspecified atom stereocenters. The highest BCUT2D eigenvalue weighted by molar-refractivity contribution is 7.99. The predicted molar refractivity (Wildman–Crippen MR) is 83.5 cm³/mol. The molecule has 0 bridgehead atoms. The predicted octanol–water partition coefficient (Wildman–Crippen LogP) is 4.26. The molecule has 1 aliphatic carbocycles.